The Hall–Kier alpha value is -1.56. The van der Waals surface area contributed by atoms with Gasteiger partial charge in [0.25, 0.3) is 0 Å². The lowest BCUT2D eigenvalue weighted by Gasteiger charge is -2.26. The van der Waals surface area contributed by atoms with E-state index in [2.05, 4.69) is 60.5 Å². The van der Waals surface area contributed by atoms with E-state index in [0.717, 1.165) is 30.5 Å². The van der Waals surface area contributed by atoms with Crippen LogP contribution in [0.2, 0.25) is 0 Å². The first-order valence-electron chi connectivity index (χ1n) is 8.96. The summed E-state index contributed by atoms with van der Waals surface area (Å²) >= 11 is 0. The van der Waals surface area contributed by atoms with Gasteiger partial charge in [-0.25, -0.2) is 0 Å². The summed E-state index contributed by atoms with van der Waals surface area (Å²) in [6, 6.07) is 0.887. The van der Waals surface area contributed by atoms with E-state index < -0.39 is 0 Å². The number of likely N-dealkylation sites (N-methyl/N-ethyl adjacent to an activating group) is 1. The monoisotopic (exact) mass is 334 g/mol. The molecule has 0 spiro atoms. The summed E-state index contributed by atoms with van der Waals surface area (Å²) in [5.74, 6) is 1.72. The van der Waals surface area contributed by atoms with E-state index in [1.165, 1.54) is 24.1 Å². The van der Waals surface area contributed by atoms with Crippen LogP contribution >= 0.6 is 0 Å². The molecule has 0 radical (unpaired) electrons. The van der Waals surface area contributed by atoms with Crippen LogP contribution in [0, 0.1) is 19.8 Å². The van der Waals surface area contributed by atoms with Crippen molar-refractivity contribution in [3.05, 3.63) is 17.0 Å². The van der Waals surface area contributed by atoms with Crippen LogP contribution in [0.4, 0.5) is 0 Å². The fourth-order valence-corrected chi connectivity index (χ4v) is 3.35. The molecule has 6 nitrogen and oxygen atoms in total. The topological polar surface area (TPSA) is 57.5 Å². The zero-order valence-electron chi connectivity index (χ0n) is 16.3. The Morgan fingerprint density at radius 3 is 2.50 bits per heavy atom. The first kappa shape index (κ1) is 18.8. The van der Waals surface area contributed by atoms with Gasteiger partial charge in [0.05, 0.1) is 5.69 Å². The van der Waals surface area contributed by atoms with Crippen molar-refractivity contribution >= 4 is 5.96 Å². The molecule has 0 amide bonds. The lowest BCUT2D eigenvalue weighted by atomic mass is 10.1. The second-order valence-corrected chi connectivity index (χ2v) is 7.34. The Kier molecular flexibility index (Phi) is 6.27. The molecular formula is C18H34N6. The first-order valence-corrected chi connectivity index (χ1v) is 8.96. The lowest BCUT2D eigenvalue weighted by molar-refractivity contribution is 0.264. The highest BCUT2D eigenvalue weighted by Crippen LogP contribution is 2.34. The van der Waals surface area contributed by atoms with Crippen LogP contribution in [0.1, 0.15) is 36.7 Å². The van der Waals surface area contributed by atoms with E-state index in [1.807, 2.05) is 18.8 Å². The smallest absolute Gasteiger partial charge is 0.191 e. The molecule has 2 atom stereocenters. The Morgan fingerprint density at radius 1 is 1.38 bits per heavy atom. The molecule has 0 bridgehead atoms. The third-order valence-corrected chi connectivity index (χ3v) is 5.08. The van der Waals surface area contributed by atoms with Gasteiger partial charge >= 0.3 is 0 Å². The number of hydrogen-bond donors (Lipinski definition) is 2. The second kappa shape index (κ2) is 8.01. The van der Waals surface area contributed by atoms with Gasteiger partial charge in [0.2, 0.25) is 0 Å². The van der Waals surface area contributed by atoms with Gasteiger partial charge in [-0.3, -0.25) is 9.67 Å². The fraction of sp³-hybridized carbons (Fsp3) is 0.778. The average molecular weight is 335 g/mol. The van der Waals surface area contributed by atoms with Crippen molar-refractivity contribution < 1.29 is 0 Å². The van der Waals surface area contributed by atoms with E-state index in [4.69, 9.17) is 0 Å². The minimum Gasteiger partial charge on any atom is -0.355 e. The van der Waals surface area contributed by atoms with Crippen LogP contribution in [0.15, 0.2) is 4.99 Å². The van der Waals surface area contributed by atoms with E-state index in [1.54, 1.807) is 0 Å². The molecule has 2 N–H and O–H groups in total. The molecule has 2 unspecified atom stereocenters. The van der Waals surface area contributed by atoms with Crippen molar-refractivity contribution in [2.45, 2.75) is 52.1 Å². The van der Waals surface area contributed by atoms with Crippen molar-refractivity contribution in [2.75, 3.05) is 27.7 Å². The van der Waals surface area contributed by atoms with Crippen molar-refractivity contribution in [1.82, 2.24) is 25.3 Å². The van der Waals surface area contributed by atoms with E-state index >= 15 is 0 Å². The van der Waals surface area contributed by atoms with Crippen LogP contribution in [-0.2, 0) is 13.5 Å². The SMILES string of the molecule is CN=C(NCC(C1CC1)N(C)C)NC(C)Cc1c(C)nn(C)c1C. The zero-order valence-corrected chi connectivity index (χ0v) is 16.3. The van der Waals surface area contributed by atoms with Gasteiger partial charge < -0.3 is 15.5 Å². The van der Waals surface area contributed by atoms with Gasteiger partial charge in [-0.1, -0.05) is 0 Å². The van der Waals surface area contributed by atoms with Crippen LogP contribution in [0.3, 0.4) is 0 Å². The molecular weight excluding hydrogens is 300 g/mol. The average Bonchev–Trinajstić information content (AvgIpc) is 3.31. The van der Waals surface area contributed by atoms with Crippen LogP contribution in [0.5, 0.6) is 0 Å². The Morgan fingerprint density at radius 2 is 2.04 bits per heavy atom. The maximum absolute atomic E-state index is 4.51. The van der Waals surface area contributed by atoms with Gasteiger partial charge in [0.1, 0.15) is 0 Å². The lowest BCUT2D eigenvalue weighted by Crippen LogP contribution is -2.48. The molecule has 6 heteroatoms. The fourth-order valence-electron chi connectivity index (χ4n) is 3.35. The molecule has 1 heterocycles. The molecule has 0 aliphatic heterocycles. The Labute approximate surface area is 146 Å². The molecule has 1 aliphatic carbocycles. The largest absolute Gasteiger partial charge is 0.355 e. The van der Waals surface area contributed by atoms with E-state index in [0.29, 0.717) is 12.1 Å². The summed E-state index contributed by atoms with van der Waals surface area (Å²) in [5.41, 5.74) is 3.69. The second-order valence-electron chi connectivity index (χ2n) is 7.34. The van der Waals surface area contributed by atoms with Crippen molar-refractivity contribution in [3.8, 4) is 0 Å². The Bertz CT molecular complexity index is 568. The maximum Gasteiger partial charge on any atom is 0.191 e. The number of aliphatic imine (C=N–C) groups is 1. The molecule has 1 aliphatic rings. The maximum atomic E-state index is 4.51. The standard InChI is InChI=1S/C18H34N6/c1-12(10-16-13(2)22-24(7)14(16)3)21-18(19-4)20-11-17(23(5)6)15-8-9-15/h12,15,17H,8-11H2,1-7H3,(H2,19,20,21). The van der Waals surface area contributed by atoms with Gasteiger partial charge in [0.15, 0.2) is 5.96 Å². The molecule has 1 saturated carbocycles. The van der Waals surface area contributed by atoms with Crippen LogP contribution < -0.4 is 10.6 Å². The highest BCUT2D eigenvalue weighted by Gasteiger charge is 2.32. The number of guanidine groups is 1. The quantitative estimate of drug-likeness (QED) is 0.586. The Balaban J connectivity index is 1.87. The van der Waals surface area contributed by atoms with Crippen molar-refractivity contribution in [1.29, 1.82) is 0 Å². The highest BCUT2D eigenvalue weighted by atomic mass is 15.3. The third kappa shape index (κ3) is 4.72. The highest BCUT2D eigenvalue weighted by molar-refractivity contribution is 5.80. The predicted molar refractivity (Wildman–Crippen MR) is 101 cm³/mol. The minimum atomic E-state index is 0.302. The number of hydrogen-bond acceptors (Lipinski definition) is 3. The summed E-state index contributed by atoms with van der Waals surface area (Å²) in [7, 11) is 8.17. The van der Waals surface area contributed by atoms with Crippen LogP contribution in [0.25, 0.3) is 0 Å². The number of rotatable bonds is 7. The number of aromatic nitrogens is 2. The summed E-state index contributed by atoms with van der Waals surface area (Å²) < 4.78 is 1.96. The minimum absolute atomic E-state index is 0.302. The number of nitrogens with zero attached hydrogens (tertiary/aromatic N) is 4. The summed E-state index contributed by atoms with van der Waals surface area (Å²) in [6.07, 6.45) is 3.66. The predicted octanol–water partition coefficient (Wildman–Crippen LogP) is 1.47. The zero-order chi connectivity index (χ0) is 17.9. The molecule has 136 valence electrons. The molecule has 1 aromatic rings. The van der Waals surface area contributed by atoms with E-state index in [9.17, 15) is 0 Å². The molecule has 1 fully saturated rings. The molecule has 24 heavy (non-hydrogen) atoms. The normalized spacial score (nSPS) is 17.9. The van der Waals surface area contributed by atoms with Gasteiger partial charge in [-0.15, -0.1) is 0 Å². The third-order valence-electron chi connectivity index (χ3n) is 5.08. The van der Waals surface area contributed by atoms with Gasteiger partial charge in [0, 0.05) is 38.4 Å². The molecule has 0 aromatic carbocycles. The van der Waals surface area contributed by atoms with Crippen molar-refractivity contribution in [3.63, 3.8) is 0 Å². The summed E-state index contributed by atoms with van der Waals surface area (Å²) in [6.45, 7) is 7.35. The number of aryl methyl sites for hydroxylation is 2. The van der Waals surface area contributed by atoms with Gasteiger partial charge in [-0.05, 0) is 65.6 Å². The van der Waals surface area contributed by atoms with Crippen LogP contribution in [-0.4, -0.2) is 60.4 Å². The molecule has 2 rings (SSSR count). The molecule has 1 aromatic heterocycles. The van der Waals surface area contributed by atoms with E-state index in [-0.39, 0.29) is 0 Å². The number of nitrogens with one attached hydrogen (secondary N) is 2. The van der Waals surface area contributed by atoms with Crippen molar-refractivity contribution in [2.24, 2.45) is 18.0 Å². The summed E-state index contributed by atoms with van der Waals surface area (Å²) in [4.78, 5) is 6.71. The summed E-state index contributed by atoms with van der Waals surface area (Å²) in [5, 5.41) is 11.5. The van der Waals surface area contributed by atoms with Gasteiger partial charge in [-0.2, -0.15) is 5.10 Å². The molecule has 0 saturated heterocycles. The first-order chi connectivity index (χ1) is 11.3.